The second-order valence-corrected chi connectivity index (χ2v) is 7.19. The highest BCUT2D eigenvalue weighted by molar-refractivity contribution is 9.10. The van der Waals surface area contributed by atoms with Crippen molar-refractivity contribution in [3.8, 4) is 5.88 Å². The molecule has 5 nitrogen and oxygen atoms in total. The van der Waals surface area contributed by atoms with E-state index >= 15 is 0 Å². The maximum atomic E-state index is 13.8. The van der Waals surface area contributed by atoms with E-state index in [2.05, 4.69) is 26.2 Å². The van der Waals surface area contributed by atoms with E-state index in [0.717, 1.165) is 0 Å². The lowest BCUT2D eigenvalue weighted by Gasteiger charge is -2.19. The summed E-state index contributed by atoms with van der Waals surface area (Å²) in [5, 5.41) is 2.51. The minimum absolute atomic E-state index is 0.104. The van der Waals surface area contributed by atoms with Crippen LogP contribution in [-0.2, 0) is 4.74 Å². The normalized spacial score (nSPS) is 11.2. The van der Waals surface area contributed by atoms with Crippen molar-refractivity contribution in [1.29, 1.82) is 0 Å². The van der Waals surface area contributed by atoms with Gasteiger partial charge < -0.3 is 14.8 Å². The molecule has 0 spiro atoms. The molecule has 0 atom stereocenters. The fourth-order valence-corrected chi connectivity index (χ4v) is 2.21. The van der Waals surface area contributed by atoms with Gasteiger partial charge in [0.15, 0.2) is 0 Å². The van der Waals surface area contributed by atoms with E-state index in [1.807, 2.05) is 20.8 Å². The zero-order chi connectivity index (χ0) is 18.4. The Kier molecular flexibility index (Phi) is 6.50. The molecule has 1 amide bonds. The number of rotatable bonds is 6. The standard InChI is InChI=1S/C18H20BrFN2O3/c1-18(2,3)25-9-8-24-16-7-4-12(11-21-16)17(23)22-15-6-5-13(19)10-14(15)20/h4-7,10-11H,8-9H2,1-3H3,(H,22,23). The van der Waals surface area contributed by atoms with Crippen molar-refractivity contribution in [2.24, 2.45) is 0 Å². The Hall–Kier alpha value is -1.99. The van der Waals surface area contributed by atoms with Gasteiger partial charge in [0.2, 0.25) is 5.88 Å². The van der Waals surface area contributed by atoms with Crippen molar-refractivity contribution >= 4 is 27.5 Å². The number of hydrogen-bond acceptors (Lipinski definition) is 4. The van der Waals surface area contributed by atoms with Crippen molar-refractivity contribution in [2.75, 3.05) is 18.5 Å². The molecular formula is C18H20BrFN2O3. The Morgan fingerprint density at radius 3 is 2.60 bits per heavy atom. The molecule has 0 saturated heterocycles. The Labute approximate surface area is 154 Å². The summed E-state index contributed by atoms with van der Waals surface area (Å²) in [7, 11) is 0. The van der Waals surface area contributed by atoms with Gasteiger partial charge in [-0.2, -0.15) is 0 Å². The summed E-state index contributed by atoms with van der Waals surface area (Å²) in [5.41, 5.74) is 0.189. The second-order valence-electron chi connectivity index (χ2n) is 6.27. The van der Waals surface area contributed by atoms with Crippen LogP contribution in [0.15, 0.2) is 41.0 Å². The van der Waals surface area contributed by atoms with Crippen molar-refractivity contribution in [1.82, 2.24) is 4.98 Å². The van der Waals surface area contributed by atoms with Gasteiger partial charge in [-0.05, 0) is 45.0 Å². The number of nitrogens with one attached hydrogen (secondary N) is 1. The van der Waals surface area contributed by atoms with Gasteiger partial charge in [0.1, 0.15) is 12.4 Å². The molecular weight excluding hydrogens is 391 g/mol. The lowest BCUT2D eigenvalue weighted by atomic mass is 10.2. The van der Waals surface area contributed by atoms with Crippen LogP contribution in [-0.4, -0.2) is 29.7 Å². The van der Waals surface area contributed by atoms with E-state index in [-0.39, 0.29) is 11.3 Å². The van der Waals surface area contributed by atoms with Gasteiger partial charge in [0.25, 0.3) is 5.91 Å². The number of anilines is 1. The number of amides is 1. The highest BCUT2D eigenvalue weighted by Crippen LogP contribution is 2.20. The number of benzene rings is 1. The maximum absolute atomic E-state index is 13.8. The van der Waals surface area contributed by atoms with Crippen molar-refractivity contribution in [2.45, 2.75) is 26.4 Å². The van der Waals surface area contributed by atoms with Gasteiger partial charge in [-0.1, -0.05) is 15.9 Å². The van der Waals surface area contributed by atoms with Gasteiger partial charge in [0, 0.05) is 16.7 Å². The van der Waals surface area contributed by atoms with Crippen molar-refractivity contribution in [3.05, 3.63) is 52.4 Å². The minimum Gasteiger partial charge on any atom is -0.475 e. The number of pyridine rings is 1. The molecule has 0 aliphatic heterocycles. The van der Waals surface area contributed by atoms with Gasteiger partial charge in [-0.15, -0.1) is 0 Å². The SMILES string of the molecule is CC(C)(C)OCCOc1ccc(C(=O)Nc2ccc(Br)cc2F)cn1. The third kappa shape index (κ3) is 6.43. The first-order valence-corrected chi connectivity index (χ1v) is 8.53. The van der Waals surface area contributed by atoms with Crippen LogP contribution in [0.1, 0.15) is 31.1 Å². The van der Waals surface area contributed by atoms with Crippen LogP contribution >= 0.6 is 15.9 Å². The van der Waals surface area contributed by atoms with E-state index < -0.39 is 11.7 Å². The molecule has 0 bridgehead atoms. The maximum Gasteiger partial charge on any atom is 0.257 e. The monoisotopic (exact) mass is 410 g/mol. The van der Waals surface area contributed by atoms with Crippen LogP contribution in [0.2, 0.25) is 0 Å². The molecule has 1 N–H and O–H groups in total. The van der Waals surface area contributed by atoms with Crippen LogP contribution in [0.4, 0.5) is 10.1 Å². The molecule has 1 aromatic carbocycles. The fraction of sp³-hybridized carbons (Fsp3) is 0.333. The average molecular weight is 411 g/mol. The molecule has 0 aliphatic carbocycles. The van der Waals surface area contributed by atoms with E-state index in [9.17, 15) is 9.18 Å². The van der Waals surface area contributed by atoms with Crippen LogP contribution in [0.25, 0.3) is 0 Å². The zero-order valence-electron chi connectivity index (χ0n) is 14.3. The summed E-state index contributed by atoms with van der Waals surface area (Å²) in [4.78, 5) is 16.2. The minimum atomic E-state index is -0.519. The van der Waals surface area contributed by atoms with E-state index in [0.29, 0.717) is 29.1 Å². The lowest BCUT2D eigenvalue weighted by molar-refractivity contribution is -0.0168. The molecule has 0 fully saturated rings. The second kappa shape index (κ2) is 8.40. The number of nitrogens with zero attached hydrogens (tertiary/aromatic N) is 1. The Morgan fingerprint density at radius 2 is 2.00 bits per heavy atom. The number of halogens is 2. The van der Waals surface area contributed by atoms with Gasteiger partial charge in [-0.25, -0.2) is 9.37 Å². The summed E-state index contributed by atoms with van der Waals surface area (Å²) in [6.07, 6.45) is 1.38. The highest BCUT2D eigenvalue weighted by Gasteiger charge is 2.11. The number of hydrogen-bond donors (Lipinski definition) is 1. The zero-order valence-corrected chi connectivity index (χ0v) is 15.9. The molecule has 0 aliphatic rings. The molecule has 1 aromatic heterocycles. The average Bonchev–Trinajstić information content (AvgIpc) is 2.54. The Morgan fingerprint density at radius 1 is 1.24 bits per heavy atom. The summed E-state index contributed by atoms with van der Waals surface area (Å²) < 4.78 is 25.4. The number of carbonyl (C=O) groups is 1. The topological polar surface area (TPSA) is 60.5 Å². The highest BCUT2D eigenvalue weighted by atomic mass is 79.9. The predicted molar refractivity (Wildman–Crippen MR) is 97.5 cm³/mol. The molecule has 7 heteroatoms. The first kappa shape index (κ1) is 19.3. The molecule has 0 saturated carbocycles. The lowest BCUT2D eigenvalue weighted by Crippen LogP contribution is -2.22. The fourth-order valence-electron chi connectivity index (χ4n) is 1.88. The van der Waals surface area contributed by atoms with E-state index in [1.54, 1.807) is 18.2 Å². The summed E-state index contributed by atoms with van der Waals surface area (Å²) in [6, 6.07) is 7.57. The molecule has 0 radical (unpaired) electrons. The van der Waals surface area contributed by atoms with Crippen LogP contribution < -0.4 is 10.1 Å². The molecule has 0 unspecified atom stereocenters. The summed E-state index contributed by atoms with van der Waals surface area (Å²) in [5.74, 6) is -0.574. The largest absolute Gasteiger partial charge is 0.475 e. The van der Waals surface area contributed by atoms with E-state index in [4.69, 9.17) is 9.47 Å². The van der Waals surface area contributed by atoms with Gasteiger partial charge >= 0.3 is 0 Å². The number of carbonyl (C=O) groups excluding carboxylic acids is 1. The van der Waals surface area contributed by atoms with Gasteiger partial charge in [-0.3, -0.25) is 4.79 Å². The third-order valence-corrected chi connectivity index (χ3v) is 3.54. The molecule has 1 heterocycles. The van der Waals surface area contributed by atoms with Gasteiger partial charge in [0.05, 0.1) is 23.5 Å². The van der Waals surface area contributed by atoms with Crippen molar-refractivity contribution in [3.63, 3.8) is 0 Å². The number of ether oxygens (including phenoxy) is 2. The smallest absolute Gasteiger partial charge is 0.257 e. The molecule has 2 aromatic rings. The first-order valence-electron chi connectivity index (χ1n) is 7.74. The predicted octanol–water partition coefficient (Wildman–Crippen LogP) is 4.43. The Balaban J connectivity index is 1.89. The van der Waals surface area contributed by atoms with Crippen LogP contribution in [0, 0.1) is 5.82 Å². The quantitative estimate of drug-likeness (QED) is 0.715. The third-order valence-electron chi connectivity index (χ3n) is 3.05. The van der Waals surface area contributed by atoms with E-state index in [1.165, 1.54) is 18.3 Å². The molecule has 2 rings (SSSR count). The first-order chi connectivity index (χ1) is 11.7. The number of aromatic nitrogens is 1. The van der Waals surface area contributed by atoms with Crippen LogP contribution in [0.5, 0.6) is 5.88 Å². The molecule has 134 valence electrons. The Bertz CT molecular complexity index is 730. The summed E-state index contributed by atoms with van der Waals surface area (Å²) >= 11 is 3.17. The molecule has 25 heavy (non-hydrogen) atoms. The summed E-state index contributed by atoms with van der Waals surface area (Å²) in [6.45, 7) is 6.70. The van der Waals surface area contributed by atoms with Crippen LogP contribution in [0.3, 0.4) is 0 Å². The van der Waals surface area contributed by atoms with Crippen molar-refractivity contribution < 1.29 is 18.7 Å².